The SMILES string of the molecule is CC(CCCCCCCCCCCCCC=O)OC1OC[C@@H](O)[C@H](O)[C@H]1O. The molecule has 1 aliphatic heterocycles. The quantitative estimate of drug-likeness (QED) is 0.278. The average molecular weight is 389 g/mol. The highest BCUT2D eigenvalue weighted by molar-refractivity contribution is 5.48. The molecule has 1 aliphatic rings. The van der Waals surface area contributed by atoms with Crippen LogP contribution in [-0.4, -0.2) is 58.9 Å². The Kier molecular flexibility index (Phi) is 14.0. The summed E-state index contributed by atoms with van der Waals surface area (Å²) in [4.78, 5) is 10.2. The molecule has 0 aliphatic carbocycles. The van der Waals surface area contributed by atoms with Crippen LogP contribution in [0.5, 0.6) is 0 Å². The summed E-state index contributed by atoms with van der Waals surface area (Å²) < 4.78 is 10.9. The molecule has 6 nitrogen and oxygen atoms in total. The van der Waals surface area contributed by atoms with Crippen LogP contribution in [0, 0.1) is 0 Å². The van der Waals surface area contributed by atoms with Crippen molar-refractivity contribution >= 4 is 6.29 Å². The topological polar surface area (TPSA) is 96.2 Å². The Labute approximate surface area is 164 Å². The van der Waals surface area contributed by atoms with Crippen molar-refractivity contribution < 1.29 is 29.6 Å². The normalized spacial score (nSPS) is 26.8. The van der Waals surface area contributed by atoms with Gasteiger partial charge in [-0.05, 0) is 19.8 Å². The molecule has 0 amide bonds. The van der Waals surface area contributed by atoms with E-state index in [2.05, 4.69) is 0 Å². The second-order valence-corrected chi connectivity index (χ2v) is 7.83. The maximum Gasteiger partial charge on any atom is 0.186 e. The van der Waals surface area contributed by atoms with E-state index in [1.165, 1.54) is 57.8 Å². The average Bonchev–Trinajstić information content (AvgIpc) is 2.66. The molecule has 0 saturated carbocycles. The standard InChI is InChI=1S/C21H40O6/c1-17(27-21-20(25)19(24)18(23)16-26-21)14-12-10-8-6-4-2-3-5-7-9-11-13-15-22/h15,17-21,23-25H,2-14,16H2,1H3/t17?,18-,19+,20-,21?/m1/s1. The third kappa shape index (κ3) is 11.2. The summed E-state index contributed by atoms with van der Waals surface area (Å²) in [5.74, 6) is 0. The molecule has 0 spiro atoms. The van der Waals surface area contributed by atoms with Gasteiger partial charge in [-0.15, -0.1) is 0 Å². The Bertz CT molecular complexity index is 365. The summed E-state index contributed by atoms with van der Waals surface area (Å²) in [5.41, 5.74) is 0. The smallest absolute Gasteiger partial charge is 0.186 e. The molecule has 1 heterocycles. The van der Waals surface area contributed by atoms with Crippen molar-refractivity contribution in [2.24, 2.45) is 0 Å². The van der Waals surface area contributed by atoms with Crippen LogP contribution in [0.15, 0.2) is 0 Å². The molecule has 0 aromatic carbocycles. The second-order valence-electron chi connectivity index (χ2n) is 7.83. The lowest BCUT2D eigenvalue weighted by Crippen LogP contribution is -2.54. The van der Waals surface area contributed by atoms with Crippen molar-refractivity contribution in [3.63, 3.8) is 0 Å². The van der Waals surface area contributed by atoms with Gasteiger partial charge in [0.2, 0.25) is 0 Å². The van der Waals surface area contributed by atoms with E-state index in [0.717, 1.165) is 25.5 Å². The zero-order chi connectivity index (χ0) is 19.9. The highest BCUT2D eigenvalue weighted by Crippen LogP contribution is 2.20. The van der Waals surface area contributed by atoms with Crippen molar-refractivity contribution in [3.05, 3.63) is 0 Å². The molecule has 1 fully saturated rings. The number of hydrogen-bond acceptors (Lipinski definition) is 6. The van der Waals surface area contributed by atoms with E-state index in [-0.39, 0.29) is 12.7 Å². The molecular formula is C21H40O6. The molecule has 0 aromatic rings. The maximum absolute atomic E-state index is 10.2. The number of aliphatic hydroxyl groups excluding tert-OH is 3. The summed E-state index contributed by atoms with van der Waals surface area (Å²) in [6.45, 7) is 1.93. The number of unbranched alkanes of at least 4 members (excludes halogenated alkanes) is 11. The van der Waals surface area contributed by atoms with Crippen molar-refractivity contribution in [2.45, 2.75) is 121 Å². The molecule has 5 atom stereocenters. The Morgan fingerprint density at radius 1 is 0.889 bits per heavy atom. The van der Waals surface area contributed by atoms with Gasteiger partial charge in [0.25, 0.3) is 0 Å². The zero-order valence-corrected chi connectivity index (χ0v) is 16.9. The summed E-state index contributed by atoms with van der Waals surface area (Å²) >= 11 is 0. The van der Waals surface area contributed by atoms with E-state index in [1.54, 1.807) is 0 Å². The number of carbonyl (C=O) groups excluding carboxylic acids is 1. The van der Waals surface area contributed by atoms with Crippen molar-refractivity contribution in [3.8, 4) is 0 Å². The lowest BCUT2D eigenvalue weighted by Gasteiger charge is -2.36. The van der Waals surface area contributed by atoms with Crippen molar-refractivity contribution in [1.82, 2.24) is 0 Å². The van der Waals surface area contributed by atoms with Gasteiger partial charge in [-0.1, -0.05) is 64.2 Å². The minimum atomic E-state index is -1.22. The van der Waals surface area contributed by atoms with Crippen LogP contribution >= 0.6 is 0 Å². The van der Waals surface area contributed by atoms with Gasteiger partial charge in [-0.25, -0.2) is 0 Å². The Morgan fingerprint density at radius 3 is 1.96 bits per heavy atom. The van der Waals surface area contributed by atoms with Gasteiger partial charge in [0.1, 0.15) is 24.6 Å². The third-order valence-electron chi connectivity index (χ3n) is 5.25. The van der Waals surface area contributed by atoms with E-state index in [4.69, 9.17) is 9.47 Å². The first kappa shape index (κ1) is 24.5. The van der Waals surface area contributed by atoms with Crippen LogP contribution in [0.2, 0.25) is 0 Å². The first-order valence-corrected chi connectivity index (χ1v) is 10.8. The van der Waals surface area contributed by atoms with Crippen LogP contribution in [0.3, 0.4) is 0 Å². The Hall–Kier alpha value is -0.530. The fraction of sp³-hybridized carbons (Fsp3) is 0.952. The third-order valence-corrected chi connectivity index (χ3v) is 5.25. The molecule has 0 aromatic heterocycles. The van der Waals surface area contributed by atoms with E-state index in [0.29, 0.717) is 6.42 Å². The summed E-state index contributed by atoms with van der Waals surface area (Å²) in [6.07, 6.45) is 11.6. The van der Waals surface area contributed by atoms with Gasteiger partial charge in [-0.2, -0.15) is 0 Å². The Balaban J connectivity index is 1.90. The fourth-order valence-electron chi connectivity index (χ4n) is 3.45. The van der Waals surface area contributed by atoms with Crippen molar-refractivity contribution in [2.75, 3.05) is 6.61 Å². The molecule has 27 heavy (non-hydrogen) atoms. The molecule has 1 saturated heterocycles. The Morgan fingerprint density at radius 2 is 1.41 bits per heavy atom. The lowest BCUT2D eigenvalue weighted by atomic mass is 10.0. The molecule has 0 radical (unpaired) electrons. The number of ether oxygens (including phenoxy) is 2. The van der Waals surface area contributed by atoms with E-state index < -0.39 is 24.6 Å². The molecular weight excluding hydrogens is 348 g/mol. The largest absolute Gasteiger partial charge is 0.388 e. The number of hydrogen-bond donors (Lipinski definition) is 3. The predicted octanol–water partition coefficient (Wildman–Crippen LogP) is 3.10. The van der Waals surface area contributed by atoms with Crippen LogP contribution < -0.4 is 0 Å². The molecule has 1 rings (SSSR count). The monoisotopic (exact) mass is 388 g/mol. The van der Waals surface area contributed by atoms with Gasteiger partial charge in [0, 0.05) is 6.42 Å². The number of rotatable bonds is 16. The number of carbonyl (C=O) groups is 1. The molecule has 160 valence electrons. The van der Waals surface area contributed by atoms with Crippen molar-refractivity contribution in [1.29, 1.82) is 0 Å². The fourth-order valence-corrected chi connectivity index (χ4v) is 3.45. The van der Waals surface area contributed by atoms with Gasteiger partial charge in [-0.3, -0.25) is 0 Å². The first-order chi connectivity index (χ1) is 13.1. The molecule has 3 N–H and O–H groups in total. The zero-order valence-electron chi connectivity index (χ0n) is 16.9. The highest BCUT2D eigenvalue weighted by Gasteiger charge is 2.38. The molecule has 6 heteroatoms. The van der Waals surface area contributed by atoms with E-state index >= 15 is 0 Å². The van der Waals surface area contributed by atoms with Crippen LogP contribution in [0.1, 0.15) is 90.4 Å². The minimum absolute atomic E-state index is 0.0195. The van der Waals surface area contributed by atoms with E-state index in [9.17, 15) is 20.1 Å². The minimum Gasteiger partial charge on any atom is -0.388 e. The number of aldehydes is 1. The van der Waals surface area contributed by atoms with Gasteiger partial charge in [0.05, 0.1) is 12.7 Å². The first-order valence-electron chi connectivity index (χ1n) is 10.8. The highest BCUT2D eigenvalue weighted by atomic mass is 16.7. The molecule has 2 unspecified atom stereocenters. The van der Waals surface area contributed by atoms with Gasteiger partial charge in [0.15, 0.2) is 6.29 Å². The summed E-state index contributed by atoms with van der Waals surface area (Å²) in [7, 11) is 0. The second kappa shape index (κ2) is 15.4. The predicted molar refractivity (Wildman–Crippen MR) is 104 cm³/mol. The van der Waals surface area contributed by atoms with Gasteiger partial charge < -0.3 is 29.6 Å². The van der Waals surface area contributed by atoms with Crippen LogP contribution in [-0.2, 0) is 14.3 Å². The van der Waals surface area contributed by atoms with Crippen LogP contribution in [0.4, 0.5) is 0 Å². The van der Waals surface area contributed by atoms with Crippen LogP contribution in [0.25, 0.3) is 0 Å². The molecule has 0 bridgehead atoms. The van der Waals surface area contributed by atoms with E-state index in [1.807, 2.05) is 6.92 Å². The number of aliphatic hydroxyl groups is 3. The summed E-state index contributed by atoms with van der Waals surface area (Å²) in [6, 6.07) is 0. The summed E-state index contributed by atoms with van der Waals surface area (Å²) in [5, 5.41) is 29.0. The lowest BCUT2D eigenvalue weighted by molar-refractivity contribution is -0.281. The maximum atomic E-state index is 10.2. The van der Waals surface area contributed by atoms with Gasteiger partial charge >= 0.3 is 0 Å².